The van der Waals surface area contributed by atoms with Crippen molar-refractivity contribution in [3.05, 3.63) is 48.0 Å². The van der Waals surface area contributed by atoms with Crippen molar-refractivity contribution in [3.8, 4) is 11.4 Å². The van der Waals surface area contributed by atoms with Crippen LogP contribution in [0.2, 0.25) is 0 Å². The fourth-order valence-corrected chi connectivity index (χ4v) is 4.29. The van der Waals surface area contributed by atoms with Gasteiger partial charge in [-0.1, -0.05) is 33.6 Å². The molecule has 0 radical (unpaired) electrons. The maximum absolute atomic E-state index is 12.2. The summed E-state index contributed by atoms with van der Waals surface area (Å²) in [5, 5.41) is 22.0. The zero-order valence-electron chi connectivity index (χ0n) is 22.5. The molecule has 0 spiro atoms. The van der Waals surface area contributed by atoms with Gasteiger partial charge in [0.15, 0.2) is 17.3 Å². The fraction of sp³-hybridized carbons (Fsp3) is 0.407. The summed E-state index contributed by atoms with van der Waals surface area (Å²) in [5.74, 6) is 0.473. The van der Waals surface area contributed by atoms with E-state index < -0.39 is 5.91 Å². The third-order valence-electron chi connectivity index (χ3n) is 6.47. The van der Waals surface area contributed by atoms with Crippen LogP contribution < -0.4 is 22.1 Å². The number of hydrogen-bond acceptors (Lipinski definition) is 11. The molecule has 0 aliphatic heterocycles. The molecule has 1 aliphatic rings. The molecule has 2 heterocycles. The van der Waals surface area contributed by atoms with Gasteiger partial charge in [-0.05, 0) is 42.0 Å². The van der Waals surface area contributed by atoms with Gasteiger partial charge < -0.3 is 27.5 Å². The predicted octanol–water partition coefficient (Wildman–Crippen LogP) is 4.49. The standard InChI is InChI=1S/C27H35N11O/c1-27(2,3)17-13-32-25(33-14-17)16-10-18(12-19(11-16)38-34-9-8-28)35-26-23(24(30)39)31-15-22(37-26)36-21-7-5-4-6-20(21)29/h8,10-15,20-21,28H,4-7,9,29H2,1-3H3,(H2,30,39)(H2,35,36,37). The smallest absolute Gasteiger partial charge is 0.271 e. The van der Waals surface area contributed by atoms with E-state index in [1.165, 1.54) is 6.20 Å². The van der Waals surface area contributed by atoms with Gasteiger partial charge in [0.1, 0.15) is 5.82 Å². The maximum Gasteiger partial charge on any atom is 0.271 e. The SMILES string of the molecule is CC(C)(C)c1cnc(-c2cc(N=NCC=N)cc(Nc3nc(NC4CCCCC4N)cnc3C(N)=O)c2)nc1. The van der Waals surface area contributed by atoms with Gasteiger partial charge in [0.25, 0.3) is 5.91 Å². The molecule has 1 amide bonds. The lowest BCUT2D eigenvalue weighted by molar-refractivity contribution is 0.0996. The monoisotopic (exact) mass is 529 g/mol. The van der Waals surface area contributed by atoms with Crippen molar-refractivity contribution in [1.29, 1.82) is 5.41 Å². The molecular formula is C27H35N11O. The number of azo groups is 1. The largest absolute Gasteiger partial charge is 0.364 e. The Bertz CT molecular complexity index is 1350. The molecule has 0 bridgehead atoms. The number of nitrogens with zero attached hydrogens (tertiary/aromatic N) is 6. The summed E-state index contributed by atoms with van der Waals surface area (Å²) in [5.41, 5.74) is 14.6. The maximum atomic E-state index is 12.2. The summed E-state index contributed by atoms with van der Waals surface area (Å²) in [6.07, 6.45) is 10.3. The van der Waals surface area contributed by atoms with Crippen LogP contribution in [-0.4, -0.2) is 50.7 Å². The molecule has 1 aromatic carbocycles. The van der Waals surface area contributed by atoms with E-state index in [-0.39, 0.29) is 35.6 Å². The molecule has 7 N–H and O–H groups in total. The first-order valence-corrected chi connectivity index (χ1v) is 12.9. The van der Waals surface area contributed by atoms with Crippen molar-refractivity contribution in [3.63, 3.8) is 0 Å². The molecule has 2 aromatic heterocycles. The van der Waals surface area contributed by atoms with Crippen LogP contribution in [0.25, 0.3) is 11.4 Å². The van der Waals surface area contributed by atoms with E-state index in [0.717, 1.165) is 37.5 Å². The highest BCUT2D eigenvalue weighted by Crippen LogP contribution is 2.31. The highest BCUT2D eigenvalue weighted by Gasteiger charge is 2.23. The third kappa shape index (κ3) is 7.17. The number of anilines is 3. The van der Waals surface area contributed by atoms with E-state index in [1.54, 1.807) is 24.5 Å². The Morgan fingerprint density at radius 2 is 1.87 bits per heavy atom. The van der Waals surface area contributed by atoms with Gasteiger partial charge in [0.2, 0.25) is 0 Å². The van der Waals surface area contributed by atoms with Crippen LogP contribution >= 0.6 is 0 Å². The Hall–Kier alpha value is -4.32. The Balaban J connectivity index is 1.70. The van der Waals surface area contributed by atoms with Crippen molar-refractivity contribution in [2.75, 3.05) is 17.2 Å². The van der Waals surface area contributed by atoms with E-state index in [1.807, 2.05) is 6.07 Å². The first kappa shape index (κ1) is 27.7. The van der Waals surface area contributed by atoms with Crippen LogP contribution in [0.5, 0.6) is 0 Å². The van der Waals surface area contributed by atoms with Crippen LogP contribution in [0.3, 0.4) is 0 Å². The summed E-state index contributed by atoms with van der Waals surface area (Å²) < 4.78 is 0. The zero-order chi connectivity index (χ0) is 28.0. The van der Waals surface area contributed by atoms with Gasteiger partial charge in [-0.3, -0.25) is 4.79 Å². The molecule has 12 heteroatoms. The van der Waals surface area contributed by atoms with Crippen molar-refractivity contribution in [2.45, 2.75) is 64.0 Å². The quantitative estimate of drug-likeness (QED) is 0.197. The summed E-state index contributed by atoms with van der Waals surface area (Å²) >= 11 is 0. The molecule has 3 aromatic rings. The molecular weight excluding hydrogens is 494 g/mol. The van der Waals surface area contributed by atoms with Crippen LogP contribution in [0.1, 0.15) is 62.5 Å². The van der Waals surface area contributed by atoms with E-state index in [0.29, 0.717) is 28.6 Å². The minimum Gasteiger partial charge on any atom is -0.364 e. The van der Waals surface area contributed by atoms with Gasteiger partial charge in [-0.2, -0.15) is 10.2 Å². The lowest BCUT2D eigenvalue weighted by Crippen LogP contribution is -2.42. The van der Waals surface area contributed by atoms with Crippen LogP contribution in [0, 0.1) is 5.41 Å². The van der Waals surface area contributed by atoms with E-state index in [2.05, 4.69) is 61.6 Å². The number of aromatic nitrogens is 4. The number of amides is 1. The summed E-state index contributed by atoms with van der Waals surface area (Å²) in [6, 6.07) is 5.45. The number of carbonyl (C=O) groups excluding carboxylic acids is 1. The van der Waals surface area contributed by atoms with Crippen LogP contribution in [-0.2, 0) is 5.41 Å². The summed E-state index contributed by atoms with van der Waals surface area (Å²) in [4.78, 5) is 30.2. The Morgan fingerprint density at radius 1 is 1.13 bits per heavy atom. The third-order valence-corrected chi connectivity index (χ3v) is 6.47. The van der Waals surface area contributed by atoms with Crippen LogP contribution in [0.15, 0.2) is 47.0 Å². The Morgan fingerprint density at radius 3 is 2.54 bits per heavy atom. The van der Waals surface area contributed by atoms with E-state index in [9.17, 15) is 4.79 Å². The van der Waals surface area contributed by atoms with Gasteiger partial charge in [-0.25, -0.2) is 19.9 Å². The molecule has 12 nitrogen and oxygen atoms in total. The Labute approximate surface area is 227 Å². The number of primary amides is 1. The molecule has 1 aliphatic carbocycles. The molecule has 1 fully saturated rings. The van der Waals surface area contributed by atoms with E-state index >= 15 is 0 Å². The second-order valence-corrected chi connectivity index (χ2v) is 10.6. The van der Waals surface area contributed by atoms with Gasteiger partial charge in [-0.15, -0.1) is 0 Å². The minimum absolute atomic E-state index is 0.00309. The first-order valence-electron chi connectivity index (χ1n) is 12.9. The molecule has 204 valence electrons. The molecule has 2 atom stereocenters. The number of nitrogens with two attached hydrogens (primary N) is 2. The number of rotatable bonds is 9. The topological polar surface area (TPSA) is 193 Å². The summed E-state index contributed by atoms with van der Waals surface area (Å²) in [6.45, 7) is 6.44. The Kier molecular flexibility index (Phi) is 8.55. The number of nitrogens with one attached hydrogen (secondary N) is 3. The van der Waals surface area contributed by atoms with Crippen molar-refractivity contribution in [2.24, 2.45) is 21.7 Å². The van der Waals surface area contributed by atoms with Crippen molar-refractivity contribution in [1.82, 2.24) is 19.9 Å². The number of benzene rings is 1. The predicted molar refractivity (Wildman–Crippen MR) is 152 cm³/mol. The second-order valence-electron chi connectivity index (χ2n) is 10.6. The molecule has 39 heavy (non-hydrogen) atoms. The fourth-order valence-electron chi connectivity index (χ4n) is 4.29. The molecule has 0 saturated heterocycles. The molecule has 2 unspecified atom stereocenters. The average molecular weight is 530 g/mol. The normalized spacial score (nSPS) is 17.6. The molecule has 4 rings (SSSR count). The van der Waals surface area contributed by atoms with E-state index in [4.69, 9.17) is 16.9 Å². The van der Waals surface area contributed by atoms with Crippen molar-refractivity contribution < 1.29 is 4.79 Å². The van der Waals surface area contributed by atoms with Gasteiger partial charge in [0.05, 0.1) is 18.4 Å². The zero-order valence-corrected chi connectivity index (χ0v) is 22.5. The second kappa shape index (κ2) is 12.0. The number of carbonyl (C=O) groups is 1. The number of hydrogen-bond donors (Lipinski definition) is 5. The van der Waals surface area contributed by atoms with Crippen LogP contribution in [0.4, 0.5) is 23.0 Å². The average Bonchev–Trinajstić information content (AvgIpc) is 2.90. The lowest BCUT2D eigenvalue weighted by atomic mass is 9.89. The van der Waals surface area contributed by atoms with Gasteiger partial charge >= 0.3 is 0 Å². The molecule has 1 saturated carbocycles. The van der Waals surface area contributed by atoms with Gasteiger partial charge in [0, 0.05) is 41.9 Å². The summed E-state index contributed by atoms with van der Waals surface area (Å²) in [7, 11) is 0. The highest BCUT2D eigenvalue weighted by molar-refractivity contribution is 5.96. The minimum atomic E-state index is -0.714. The lowest BCUT2D eigenvalue weighted by Gasteiger charge is -2.29. The first-order chi connectivity index (χ1) is 18.6. The van der Waals surface area contributed by atoms with Crippen molar-refractivity contribution >= 4 is 35.1 Å². The highest BCUT2D eigenvalue weighted by atomic mass is 16.1.